The maximum absolute atomic E-state index is 12.6. The summed E-state index contributed by atoms with van der Waals surface area (Å²) < 4.78 is 5.51. The minimum atomic E-state index is -0.664. The zero-order chi connectivity index (χ0) is 59.9. The van der Waals surface area contributed by atoms with E-state index in [0.717, 1.165) is 44.9 Å². The van der Waals surface area contributed by atoms with Crippen molar-refractivity contribution >= 4 is 11.9 Å². The van der Waals surface area contributed by atoms with Gasteiger partial charge in [0.05, 0.1) is 25.4 Å². The molecule has 0 aliphatic rings. The number of rotatable bonds is 73. The highest BCUT2D eigenvalue weighted by Gasteiger charge is 2.20. The van der Waals surface area contributed by atoms with Gasteiger partial charge in [-0.2, -0.15) is 0 Å². The van der Waals surface area contributed by atoms with E-state index < -0.39 is 12.1 Å². The molecule has 6 heteroatoms. The molecule has 494 valence electrons. The molecule has 0 aromatic rings. The second-order valence-corrected chi connectivity index (χ2v) is 26.7. The number of carbonyl (C=O) groups is 2. The highest BCUT2D eigenvalue weighted by atomic mass is 16.5. The molecule has 83 heavy (non-hydrogen) atoms. The van der Waals surface area contributed by atoms with Crippen molar-refractivity contribution in [2.45, 2.75) is 456 Å². The average molecular weight is 1170 g/mol. The molecular formula is C77H151NO5. The van der Waals surface area contributed by atoms with Gasteiger partial charge in [0, 0.05) is 12.8 Å². The number of allylic oxidation sites excluding steroid dienone is 2. The molecule has 0 aromatic heterocycles. The molecule has 0 saturated heterocycles. The van der Waals surface area contributed by atoms with Gasteiger partial charge in [-0.1, -0.05) is 392 Å². The van der Waals surface area contributed by atoms with E-state index in [1.54, 1.807) is 0 Å². The number of unbranched alkanes of at least 4 members (excludes halogenated alkanes) is 60. The van der Waals surface area contributed by atoms with Gasteiger partial charge < -0.3 is 20.3 Å². The van der Waals surface area contributed by atoms with Crippen LogP contribution in [0.2, 0.25) is 0 Å². The Kier molecular flexibility index (Phi) is 71.8. The van der Waals surface area contributed by atoms with Crippen LogP contribution in [0.15, 0.2) is 12.2 Å². The van der Waals surface area contributed by atoms with E-state index in [1.165, 1.54) is 366 Å². The van der Waals surface area contributed by atoms with Gasteiger partial charge in [-0.05, 0) is 51.4 Å². The lowest BCUT2D eigenvalue weighted by molar-refractivity contribution is -0.143. The van der Waals surface area contributed by atoms with Gasteiger partial charge in [0.15, 0.2) is 0 Å². The van der Waals surface area contributed by atoms with Gasteiger partial charge >= 0.3 is 5.97 Å². The monoisotopic (exact) mass is 1170 g/mol. The van der Waals surface area contributed by atoms with Crippen molar-refractivity contribution < 1.29 is 24.5 Å². The largest absolute Gasteiger partial charge is 0.466 e. The fourth-order valence-electron chi connectivity index (χ4n) is 12.5. The number of aliphatic hydroxyl groups excluding tert-OH is 2. The fourth-order valence-corrected chi connectivity index (χ4v) is 12.5. The summed E-state index contributed by atoms with van der Waals surface area (Å²) >= 11 is 0. The van der Waals surface area contributed by atoms with E-state index in [-0.39, 0.29) is 18.5 Å². The number of carbonyl (C=O) groups excluding carboxylic acids is 2. The SMILES string of the molecule is CCCCCCCCC/C=C\CCCCCCCCCC(=O)OCCCCCCCCCCCCCCCCCCCCCCCCCCCCC(=O)NC(CO)C(O)CCCCCCCCCCCCCCCCCCCCCCCC. The second kappa shape index (κ2) is 73.1. The second-order valence-electron chi connectivity index (χ2n) is 26.7. The van der Waals surface area contributed by atoms with Crippen LogP contribution in [0.5, 0.6) is 0 Å². The summed E-state index contributed by atoms with van der Waals surface area (Å²) in [5.74, 6) is -0.0113. The Hall–Kier alpha value is -1.40. The van der Waals surface area contributed by atoms with Gasteiger partial charge in [0.25, 0.3) is 0 Å². The first-order valence-electron chi connectivity index (χ1n) is 38.4. The highest BCUT2D eigenvalue weighted by Crippen LogP contribution is 2.20. The van der Waals surface area contributed by atoms with E-state index in [0.29, 0.717) is 25.9 Å². The zero-order valence-electron chi connectivity index (χ0n) is 56.7. The van der Waals surface area contributed by atoms with Crippen LogP contribution in [0.4, 0.5) is 0 Å². The summed E-state index contributed by atoms with van der Waals surface area (Å²) in [6, 6.07) is -0.540. The van der Waals surface area contributed by atoms with Crippen LogP contribution < -0.4 is 5.32 Å². The standard InChI is InChI=1S/C77H151NO5/c1-3-5-7-9-11-13-15-17-19-21-23-24-31-34-37-41-45-49-53-57-61-65-69-75(80)74(73-79)78-76(81)70-66-62-58-54-50-46-42-38-35-32-29-27-25-26-28-30-33-36-40-44-48-52-56-60-64-68-72-83-77(82)71-67-63-59-55-51-47-43-39-22-20-18-16-14-12-10-8-6-4-2/h20,22,74-75,79-80H,3-19,21,23-73H2,1-2H3,(H,78,81)/b22-20-. The Morgan fingerprint density at radius 3 is 0.855 bits per heavy atom. The van der Waals surface area contributed by atoms with Crippen molar-refractivity contribution in [3.05, 3.63) is 12.2 Å². The predicted molar refractivity (Wildman–Crippen MR) is 366 cm³/mol. The summed E-state index contributed by atoms with van der Waals surface area (Å²) in [4.78, 5) is 24.7. The van der Waals surface area contributed by atoms with Crippen LogP contribution in [0.25, 0.3) is 0 Å². The highest BCUT2D eigenvalue weighted by molar-refractivity contribution is 5.76. The molecule has 0 radical (unpaired) electrons. The van der Waals surface area contributed by atoms with E-state index in [2.05, 4.69) is 31.3 Å². The summed E-state index contributed by atoms with van der Waals surface area (Å²) in [6.07, 6.45) is 91.4. The molecular weight excluding hydrogens is 1020 g/mol. The Labute approximate surface area is 520 Å². The number of hydrogen-bond acceptors (Lipinski definition) is 5. The normalized spacial score (nSPS) is 12.5. The number of ether oxygens (including phenoxy) is 1. The van der Waals surface area contributed by atoms with Crippen LogP contribution in [0.1, 0.15) is 444 Å². The molecule has 0 heterocycles. The molecule has 1 amide bonds. The van der Waals surface area contributed by atoms with Crippen LogP contribution in [0.3, 0.4) is 0 Å². The zero-order valence-corrected chi connectivity index (χ0v) is 56.7. The summed E-state index contributed by atoms with van der Waals surface area (Å²) in [5, 5.41) is 23.5. The van der Waals surface area contributed by atoms with Crippen molar-refractivity contribution in [1.82, 2.24) is 5.32 Å². The Bertz CT molecular complexity index is 1260. The molecule has 0 spiro atoms. The number of esters is 1. The smallest absolute Gasteiger partial charge is 0.305 e. The van der Waals surface area contributed by atoms with Gasteiger partial charge in [0.1, 0.15) is 0 Å². The Morgan fingerprint density at radius 1 is 0.325 bits per heavy atom. The van der Waals surface area contributed by atoms with Gasteiger partial charge in [-0.15, -0.1) is 0 Å². The van der Waals surface area contributed by atoms with Crippen molar-refractivity contribution in [3.63, 3.8) is 0 Å². The van der Waals surface area contributed by atoms with Crippen LogP contribution in [0, 0.1) is 0 Å². The van der Waals surface area contributed by atoms with Gasteiger partial charge in [-0.25, -0.2) is 0 Å². The number of hydrogen-bond donors (Lipinski definition) is 3. The number of nitrogens with one attached hydrogen (secondary N) is 1. The third-order valence-corrected chi connectivity index (χ3v) is 18.3. The lowest BCUT2D eigenvalue weighted by Gasteiger charge is -2.22. The van der Waals surface area contributed by atoms with Crippen molar-refractivity contribution in [2.24, 2.45) is 0 Å². The third kappa shape index (κ3) is 69.6. The summed E-state index contributed by atoms with van der Waals surface area (Å²) in [7, 11) is 0. The Balaban J connectivity index is 3.34. The quantitative estimate of drug-likeness (QED) is 0.0320. The number of aliphatic hydroxyl groups is 2. The maximum Gasteiger partial charge on any atom is 0.305 e. The summed E-state index contributed by atoms with van der Waals surface area (Å²) in [6.45, 7) is 5.00. The summed E-state index contributed by atoms with van der Waals surface area (Å²) in [5.41, 5.74) is 0. The Morgan fingerprint density at radius 2 is 0.566 bits per heavy atom. The number of amides is 1. The predicted octanol–water partition coefficient (Wildman–Crippen LogP) is 25.1. The van der Waals surface area contributed by atoms with Crippen LogP contribution in [-0.4, -0.2) is 47.4 Å². The van der Waals surface area contributed by atoms with Crippen molar-refractivity contribution in [1.29, 1.82) is 0 Å². The van der Waals surface area contributed by atoms with Crippen molar-refractivity contribution in [2.75, 3.05) is 13.2 Å². The van der Waals surface area contributed by atoms with Crippen LogP contribution >= 0.6 is 0 Å². The lowest BCUT2D eigenvalue weighted by Crippen LogP contribution is -2.45. The lowest BCUT2D eigenvalue weighted by atomic mass is 10.0. The maximum atomic E-state index is 12.6. The molecule has 0 bridgehead atoms. The minimum Gasteiger partial charge on any atom is -0.466 e. The average Bonchev–Trinajstić information content (AvgIpc) is 3.49. The van der Waals surface area contributed by atoms with E-state index in [1.807, 2.05) is 0 Å². The third-order valence-electron chi connectivity index (χ3n) is 18.3. The molecule has 0 saturated carbocycles. The molecule has 6 nitrogen and oxygen atoms in total. The molecule has 2 unspecified atom stereocenters. The molecule has 0 aliphatic heterocycles. The molecule has 0 aliphatic carbocycles. The molecule has 2 atom stereocenters. The molecule has 0 fully saturated rings. The van der Waals surface area contributed by atoms with Crippen molar-refractivity contribution in [3.8, 4) is 0 Å². The topological polar surface area (TPSA) is 95.9 Å². The first-order valence-corrected chi connectivity index (χ1v) is 38.4. The van der Waals surface area contributed by atoms with Crippen LogP contribution in [-0.2, 0) is 14.3 Å². The molecule has 0 rings (SSSR count). The first kappa shape index (κ1) is 81.6. The van der Waals surface area contributed by atoms with E-state index in [9.17, 15) is 19.8 Å². The first-order chi connectivity index (χ1) is 41.0. The fraction of sp³-hybridized carbons (Fsp3) is 0.948. The van der Waals surface area contributed by atoms with Gasteiger partial charge in [-0.3, -0.25) is 9.59 Å². The van der Waals surface area contributed by atoms with E-state index >= 15 is 0 Å². The van der Waals surface area contributed by atoms with Gasteiger partial charge in [0.2, 0.25) is 5.91 Å². The minimum absolute atomic E-state index is 0.0158. The molecule has 3 N–H and O–H groups in total. The van der Waals surface area contributed by atoms with E-state index in [4.69, 9.17) is 4.74 Å². The molecule has 0 aromatic carbocycles.